The summed E-state index contributed by atoms with van der Waals surface area (Å²) in [6, 6.07) is 48.1. The molecule has 9 rings (SSSR count). The number of allylic oxidation sites excluding steroid dienone is 6. The van der Waals surface area contributed by atoms with Crippen LogP contribution in [0.15, 0.2) is 157 Å². The van der Waals surface area contributed by atoms with Gasteiger partial charge in [-0.2, -0.15) is 10.5 Å². The number of nitrogens with zero attached hydrogens (tertiary/aromatic N) is 4. The van der Waals surface area contributed by atoms with Crippen LogP contribution in [-0.2, 0) is 0 Å². The fraction of sp³-hybridized carbons (Fsp3) is 0.0909. The van der Waals surface area contributed by atoms with Crippen LogP contribution in [0, 0.1) is 28.6 Å². The van der Waals surface area contributed by atoms with Crippen LogP contribution in [0.1, 0.15) is 23.5 Å². The smallest absolute Gasteiger partial charge is 0.0988 e. The molecule has 0 fully saturated rings. The average molecular weight is 615 g/mol. The molecule has 2 aliphatic carbocycles. The normalized spacial score (nSPS) is 19.6. The van der Waals surface area contributed by atoms with Crippen LogP contribution in [0.3, 0.4) is 0 Å². The minimum absolute atomic E-state index is 0.0961. The largest absolute Gasteiger partial charge is 0.333 e. The SMILES string of the molecule is N#CC1=CC2c3ccccc3N(c3cccc(-c4ccccc4C4=C(n5c6ccccc6c6ccccc65)CC(C#N)C=C4)c3)C2C=C1. The quantitative estimate of drug-likeness (QED) is 0.199. The van der Waals surface area contributed by atoms with Crippen molar-refractivity contribution in [2.75, 3.05) is 4.90 Å². The van der Waals surface area contributed by atoms with Crippen LogP contribution < -0.4 is 4.90 Å². The summed E-state index contributed by atoms with van der Waals surface area (Å²) in [5, 5.41) is 22.1. The van der Waals surface area contributed by atoms with E-state index in [1.54, 1.807) is 0 Å². The fourth-order valence-electron chi connectivity index (χ4n) is 7.97. The van der Waals surface area contributed by atoms with Gasteiger partial charge in [0.05, 0.1) is 35.1 Å². The zero-order chi connectivity index (χ0) is 32.2. The van der Waals surface area contributed by atoms with E-state index in [1.807, 2.05) is 6.08 Å². The molecule has 226 valence electrons. The maximum atomic E-state index is 10.1. The van der Waals surface area contributed by atoms with Crippen molar-refractivity contribution in [2.24, 2.45) is 5.92 Å². The third-order valence-electron chi connectivity index (χ3n) is 10.1. The molecule has 0 saturated carbocycles. The van der Waals surface area contributed by atoms with Gasteiger partial charge in [0.2, 0.25) is 0 Å². The number of nitriles is 2. The van der Waals surface area contributed by atoms with Gasteiger partial charge in [0.1, 0.15) is 0 Å². The molecule has 2 heterocycles. The maximum Gasteiger partial charge on any atom is 0.0988 e. The lowest BCUT2D eigenvalue weighted by Gasteiger charge is -2.29. The molecule has 3 atom stereocenters. The summed E-state index contributed by atoms with van der Waals surface area (Å²) in [7, 11) is 0. The van der Waals surface area contributed by atoms with E-state index in [1.165, 1.54) is 22.0 Å². The van der Waals surface area contributed by atoms with Crippen molar-refractivity contribution in [2.45, 2.75) is 18.4 Å². The van der Waals surface area contributed by atoms with E-state index in [-0.39, 0.29) is 17.9 Å². The summed E-state index contributed by atoms with van der Waals surface area (Å²) in [4.78, 5) is 2.41. The second-order valence-electron chi connectivity index (χ2n) is 12.7. The highest BCUT2D eigenvalue weighted by molar-refractivity contribution is 6.12. The predicted molar refractivity (Wildman–Crippen MR) is 195 cm³/mol. The van der Waals surface area contributed by atoms with E-state index in [2.05, 4.69) is 167 Å². The summed E-state index contributed by atoms with van der Waals surface area (Å²) in [5.41, 5.74) is 12.2. The van der Waals surface area contributed by atoms with Crippen molar-refractivity contribution in [3.63, 3.8) is 0 Å². The van der Waals surface area contributed by atoms with E-state index >= 15 is 0 Å². The molecule has 1 aliphatic heterocycles. The van der Waals surface area contributed by atoms with Gasteiger partial charge in [0.15, 0.2) is 0 Å². The van der Waals surface area contributed by atoms with Crippen molar-refractivity contribution < 1.29 is 0 Å². The summed E-state index contributed by atoms with van der Waals surface area (Å²) in [6.45, 7) is 0. The van der Waals surface area contributed by atoms with Gasteiger partial charge in [0.25, 0.3) is 0 Å². The van der Waals surface area contributed by atoms with Crippen molar-refractivity contribution in [3.8, 4) is 23.3 Å². The molecule has 0 spiro atoms. The second kappa shape index (κ2) is 11.2. The van der Waals surface area contributed by atoms with Gasteiger partial charge >= 0.3 is 0 Å². The molecule has 6 aromatic rings. The van der Waals surface area contributed by atoms with E-state index in [0.717, 1.165) is 44.7 Å². The summed E-state index contributed by atoms with van der Waals surface area (Å²) >= 11 is 0. The molecule has 3 aliphatic rings. The van der Waals surface area contributed by atoms with Crippen LogP contribution in [-0.4, -0.2) is 10.6 Å². The average Bonchev–Trinajstić information content (AvgIpc) is 3.67. The van der Waals surface area contributed by atoms with Crippen LogP contribution >= 0.6 is 0 Å². The van der Waals surface area contributed by atoms with Gasteiger partial charge in [-0.05, 0) is 58.7 Å². The summed E-state index contributed by atoms with van der Waals surface area (Å²) in [5.74, 6) is -0.0855. The molecule has 4 heteroatoms. The van der Waals surface area contributed by atoms with Gasteiger partial charge in [-0.25, -0.2) is 0 Å². The second-order valence-corrected chi connectivity index (χ2v) is 12.7. The van der Waals surface area contributed by atoms with Gasteiger partial charge in [-0.3, -0.25) is 0 Å². The Morgan fingerprint density at radius 2 is 1.38 bits per heavy atom. The first-order chi connectivity index (χ1) is 23.7. The topological polar surface area (TPSA) is 55.8 Å². The number of para-hydroxylation sites is 3. The third kappa shape index (κ3) is 4.28. The monoisotopic (exact) mass is 614 g/mol. The highest BCUT2D eigenvalue weighted by Crippen LogP contribution is 2.49. The number of aromatic nitrogens is 1. The maximum absolute atomic E-state index is 10.1. The van der Waals surface area contributed by atoms with Gasteiger partial charge < -0.3 is 9.47 Å². The highest BCUT2D eigenvalue weighted by atomic mass is 15.2. The number of rotatable bonds is 4. The van der Waals surface area contributed by atoms with Crippen LogP contribution in [0.4, 0.5) is 11.4 Å². The first kappa shape index (κ1) is 27.9. The zero-order valence-electron chi connectivity index (χ0n) is 26.2. The third-order valence-corrected chi connectivity index (χ3v) is 10.1. The number of hydrogen-bond acceptors (Lipinski definition) is 3. The molecular weight excluding hydrogens is 585 g/mol. The summed E-state index contributed by atoms with van der Waals surface area (Å²) < 4.78 is 2.38. The predicted octanol–water partition coefficient (Wildman–Crippen LogP) is 10.6. The molecule has 48 heavy (non-hydrogen) atoms. The van der Waals surface area contributed by atoms with Crippen molar-refractivity contribution in [1.29, 1.82) is 10.5 Å². The van der Waals surface area contributed by atoms with Crippen molar-refractivity contribution in [1.82, 2.24) is 4.57 Å². The Morgan fingerprint density at radius 1 is 0.667 bits per heavy atom. The molecule has 3 unspecified atom stereocenters. The highest BCUT2D eigenvalue weighted by Gasteiger charge is 2.38. The van der Waals surface area contributed by atoms with Crippen molar-refractivity contribution in [3.05, 3.63) is 168 Å². The minimum atomic E-state index is -0.207. The van der Waals surface area contributed by atoms with Crippen LogP contribution in [0.25, 0.3) is 44.2 Å². The van der Waals surface area contributed by atoms with Gasteiger partial charge in [-0.1, -0.05) is 115 Å². The van der Waals surface area contributed by atoms with Gasteiger partial charge in [-0.15, -0.1) is 0 Å². The number of anilines is 2. The zero-order valence-corrected chi connectivity index (χ0v) is 26.2. The molecule has 0 bridgehead atoms. The number of benzene rings is 5. The molecule has 0 radical (unpaired) electrons. The molecule has 5 aromatic carbocycles. The molecule has 1 aromatic heterocycles. The van der Waals surface area contributed by atoms with Crippen LogP contribution in [0.2, 0.25) is 0 Å². The Balaban J connectivity index is 1.22. The lowest BCUT2D eigenvalue weighted by atomic mass is 9.86. The Morgan fingerprint density at radius 3 is 2.15 bits per heavy atom. The van der Waals surface area contributed by atoms with E-state index in [9.17, 15) is 10.5 Å². The van der Waals surface area contributed by atoms with E-state index in [4.69, 9.17) is 0 Å². The van der Waals surface area contributed by atoms with E-state index in [0.29, 0.717) is 12.0 Å². The van der Waals surface area contributed by atoms with E-state index < -0.39 is 0 Å². The molecule has 4 nitrogen and oxygen atoms in total. The van der Waals surface area contributed by atoms with Crippen molar-refractivity contribution >= 4 is 44.5 Å². The Hall–Kier alpha value is -6.36. The summed E-state index contributed by atoms with van der Waals surface area (Å²) in [6.07, 6.45) is 11.1. The lowest BCUT2D eigenvalue weighted by Crippen LogP contribution is -2.29. The Kier molecular flexibility index (Phi) is 6.49. The minimum Gasteiger partial charge on any atom is -0.333 e. The molecular formula is C44H30N4. The Labute approximate surface area is 279 Å². The first-order valence-electron chi connectivity index (χ1n) is 16.4. The first-order valence-corrected chi connectivity index (χ1v) is 16.4. The molecule has 0 amide bonds. The lowest BCUT2D eigenvalue weighted by molar-refractivity contribution is 0.741. The van der Waals surface area contributed by atoms with Crippen LogP contribution in [0.5, 0.6) is 0 Å². The standard InChI is InChI=1S/C44H30N4/c45-27-29-21-23-43-39(24-29)37-16-5-6-17-40(37)47(43)32-11-9-10-31(26-32)33-12-1-2-13-34(33)38-22-20-30(28-46)25-44(38)48-41-18-7-3-14-35(41)36-15-4-8-19-42(36)48/h1-24,26,30,39,43H,25H2. The molecule has 0 N–H and O–H groups in total. The fourth-order valence-corrected chi connectivity index (χ4v) is 7.97. The van der Waals surface area contributed by atoms with Gasteiger partial charge in [0, 0.05) is 51.3 Å². The molecule has 0 saturated heterocycles. The Bertz CT molecular complexity index is 2440. The number of hydrogen-bond donors (Lipinski definition) is 0. The number of fused-ring (bicyclic) bond motifs is 6.